The number of hydrogen-bond donors (Lipinski definition) is 2. The monoisotopic (exact) mass is 288 g/mol. The Bertz CT molecular complexity index is 594. The molecule has 2 aromatic carbocycles. The number of benzene rings is 2. The summed E-state index contributed by atoms with van der Waals surface area (Å²) in [7, 11) is 0. The molecule has 104 valence electrons. The predicted octanol–water partition coefficient (Wildman–Crippen LogP) is 4.76. The molecule has 0 fully saturated rings. The van der Waals surface area contributed by atoms with E-state index in [0.29, 0.717) is 11.0 Å². The third-order valence-corrected chi connectivity index (χ3v) is 3.14. The summed E-state index contributed by atoms with van der Waals surface area (Å²) >= 11 is 5.28. The fourth-order valence-electron chi connectivity index (χ4n) is 1.93. The van der Waals surface area contributed by atoms with Gasteiger partial charge in [0.05, 0.1) is 0 Å². The Labute approximate surface area is 124 Å². The van der Waals surface area contributed by atoms with E-state index in [1.165, 1.54) is 17.7 Å². The van der Waals surface area contributed by atoms with E-state index in [-0.39, 0.29) is 5.82 Å². The normalized spacial score (nSPS) is 10.4. The summed E-state index contributed by atoms with van der Waals surface area (Å²) in [5, 5.41) is 6.71. The largest absolute Gasteiger partial charge is 0.332 e. The number of halogens is 1. The molecule has 2 rings (SSSR count). The highest BCUT2D eigenvalue weighted by Crippen LogP contribution is 2.23. The van der Waals surface area contributed by atoms with Gasteiger partial charge in [-0.2, -0.15) is 0 Å². The lowest BCUT2D eigenvalue weighted by atomic mass is 10.0. The summed E-state index contributed by atoms with van der Waals surface area (Å²) in [5.74, 6) is 0.145. The smallest absolute Gasteiger partial charge is 0.175 e. The van der Waals surface area contributed by atoms with Crippen molar-refractivity contribution in [2.75, 3.05) is 10.6 Å². The van der Waals surface area contributed by atoms with Gasteiger partial charge in [0.1, 0.15) is 5.82 Å². The Morgan fingerprint density at radius 1 is 1.00 bits per heavy atom. The van der Waals surface area contributed by atoms with Gasteiger partial charge in [0.15, 0.2) is 5.11 Å². The van der Waals surface area contributed by atoms with E-state index in [0.717, 1.165) is 11.4 Å². The zero-order valence-corrected chi connectivity index (χ0v) is 12.3. The van der Waals surface area contributed by atoms with Crippen LogP contribution in [0.1, 0.15) is 25.3 Å². The fraction of sp³-hybridized carbons (Fsp3) is 0.188. The van der Waals surface area contributed by atoms with Crippen molar-refractivity contribution in [1.29, 1.82) is 0 Å². The Balaban J connectivity index is 2.07. The first-order valence-electron chi connectivity index (χ1n) is 6.49. The van der Waals surface area contributed by atoms with E-state index in [9.17, 15) is 4.39 Å². The molecule has 0 aromatic heterocycles. The van der Waals surface area contributed by atoms with Crippen molar-refractivity contribution < 1.29 is 4.39 Å². The van der Waals surface area contributed by atoms with E-state index in [2.05, 4.69) is 30.5 Å². The summed E-state index contributed by atoms with van der Waals surface area (Å²) in [6.07, 6.45) is 0. The van der Waals surface area contributed by atoms with Gasteiger partial charge < -0.3 is 10.6 Å². The molecule has 0 saturated carbocycles. The van der Waals surface area contributed by atoms with Crippen LogP contribution in [-0.4, -0.2) is 5.11 Å². The maximum atomic E-state index is 12.8. The first-order chi connectivity index (χ1) is 9.56. The van der Waals surface area contributed by atoms with Gasteiger partial charge in [-0.25, -0.2) is 4.39 Å². The van der Waals surface area contributed by atoms with Crippen LogP contribution >= 0.6 is 12.2 Å². The zero-order valence-electron chi connectivity index (χ0n) is 11.5. The molecule has 2 aromatic rings. The lowest BCUT2D eigenvalue weighted by Crippen LogP contribution is -2.20. The van der Waals surface area contributed by atoms with E-state index < -0.39 is 0 Å². The predicted molar refractivity (Wildman–Crippen MR) is 86.8 cm³/mol. The maximum absolute atomic E-state index is 12.8. The van der Waals surface area contributed by atoms with Gasteiger partial charge in [-0.1, -0.05) is 32.0 Å². The van der Waals surface area contributed by atoms with Crippen molar-refractivity contribution in [2.24, 2.45) is 0 Å². The quantitative estimate of drug-likeness (QED) is 0.796. The van der Waals surface area contributed by atoms with Crippen molar-refractivity contribution in [3.05, 3.63) is 59.9 Å². The summed E-state index contributed by atoms with van der Waals surface area (Å²) in [5.41, 5.74) is 2.95. The van der Waals surface area contributed by atoms with Gasteiger partial charge in [-0.3, -0.25) is 0 Å². The number of thiocarbonyl (C=S) groups is 1. The number of rotatable bonds is 3. The molecular formula is C16H17FN2S. The minimum absolute atomic E-state index is 0.264. The van der Waals surface area contributed by atoms with Crippen molar-refractivity contribution >= 4 is 28.7 Å². The molecule has 2 N–H and O–H groups in total. The van der Waals surface area contributed by atoms with Crippen LogP contribution in [0.5, 0.6) is 0 Å². The standard InChI is InChI=1S/C16H17FN2S/c1-11(2)14-5-3-4-6-15(14)19-16(20)18-13-9-7-12(17)8-10-13/h3-11H,1-2H3,(H2,18,19,20). The van der Waals surface area contributed by atoms with E-state index in [1.807, 2.05) is 18.2 Å². The molecule has 0 aliphatic rings. The number of hydrogen-bond acceptors (Lipinski definition) is 1. The average Bonchev–Trinajstić information content (AvgIpc) is 2.41. The van der Waals surface area contributed by atoms with Crippen LogP contribution in [0.3, 0.4) is 0 Å². The molecule has 4 heteroatoms. The van der Waals surface area contributed by atoms with E-state index >= 15 is 0 Å². The van der Waals surface area contributed by atoms with Crippen LogP contribution in [0.2, 0.25) is 0 Å². The molecule has 0 aliphatic heterocycles. The third kappa shape index (κ3) is 3.78. The van der Waals surface area contributed by atoms with E-state index in [4.69, 9.17) is 12.2 Å². The first-order valence-corrected chi connectivity index (χ1v) is 6.89. The SMILES string of the molecule is CC(C)c1ccccc1NC(=S)Nc1ccc(F)cc1. The van der Waals surface area contributed by atoms with Gasteiger partial charge in [0, 0.05) is 11.4 Å². The number of anilines is 2. The van der Waals surface area contributed by atoms with Crippen LogP contribution in [0.4, 0.5) is 15.8 Å². The minimum atomic E-state index is -0.264. The van der Waals surface area contributed by atoms with Crippen molar-refractivity contribution in [3.8, 4) is 0 Å². The summed E-state index contributed by atoms with van der Waals surface area (Å²) in [4.78, 5) is 0. The summed E-state index contributed by atoms with van der Waals surface area (Å²) < 4.78 is 12.8. The highest BCUT2D eigenvalue weighted by Gasteiger charge is 2.07. The van der Waals surface area contributed by atoms with Gasteiger partial charge in [0.2, 0.25) is 0 Å². The third-order valence-electron chi connectivity index (χ3n) is 2.93. The highest BCUT2D eigenvalue weighted by atomic mass is 32.1. The van der Waals surface area contributed by atoms with Gasteiger partial charge in [-0.05, 0) is 54.0 Å². The molecule has 0 radical (unpaired) electrons. The highest BCUT2D eigenvalue weighted by molar-refractivity contribution is 7.80. The summed E-state index contributed by atoms with van der Waals surface area (Å²) in [6.45, 7) is 4.27. The molecule has 0 spiro atoms. The number of para-hydroxylation sites is 1. The van der Waals surface area contributed by atoms with Crippen LogP contribution in [0, 0.1) is 5.82 Å². The molecule has 0 amide bonds. The first kappa shape index (κ1) is 14.5. The van der Waals surface area contributed by atoms with Crippen LogP contribution in [0.15, 0.2) is 48.5 Å². The molecule has 2 nitrogen and oxygen atoms in total. The molecular weight excluding hydrogens is 271 g/mol. The Hall–Kier alpha value is -1.94. The van der Waals surface area contributed by atoms with E-state index in [1.54, 1.807) is 12.1 Å². The van der Waals surface area contributed by atoms with Crippen molar-refractivity contribution in [2.45, 2.75) is 19.8 Å². The van der Waals surface area contributed by atoms with Crippen LogP contribution < -0.4 is 10.6 Å². The lowest BCUT2D eigenvalue weighted by molar-refractivity contribution is 0.628. The Morgan fingerprint density at radius 3 is 2.30 bits per heavy atom. The van der Waals surface area contributed by atoms with Crippen LogP contribution in [0.25, 0.3) is 0 Å². The van der Waals surface area contributed by atoms with Gasteiger partial charge in [0.25, 0.3) is 0 Å². The summed E-state index contributed by atoms with van der Waals surface area (Å²) in [6, 6.07) is 14.1. The Morgan fingerprint density at radius 2 is 1.65 bits per heavy atom. The van der Waals surface area contributed by atoms with Crippen molar-refractivity contribution in [3.63, 3.8) is 0 Å². The topological polar surface area (TPSA) is 24.1 Å². The molecule has 20 heavy (non-hydrogen) atoms. The molecule has 0 bridgehead atoms. The number of nitrogens with one attached hydrogen (secondary N) is 2. The lowest BCUT2D eigenvalue weighted by Gasteiger charge is -2.16. The molecule has 0 saturated heterocycles. The minimum Gasteiger partial charge on any atom is -0.332 e. The fourth-order valence-corrected chi connectivity index (χ4v) is 2.16. The van der Waals surface area contributed by atoms with Crippen LogP contribution in [-0.2, 0) is 0 Å². The molecule has 0 unspecified atom stereocenters. The molecule has 0 atom stereocenters. The molecule has 0 heterocycles. The van der Waals surface area contributed by atoms with Crippen molar-refractivity contribution in [1.82, 2.24) is 0 Å². The van der Waals surface area contributed by atoms with Gasteiger partial charge in [-0.15, -0.1) is 0 Å². The molecule has 0 aliphatic carbocycles. The second-order valence-electron chi connectivity index (χ2n) is 4.83. The zero-order chi connectivity index (χ0) is 14.5. The maximum Gasteiger partial charge on any atom is 0.175 e. The average molecular weight is 288 g/mol. The second-order valence-corrected chi connectivity index (χ2v) is 5.24. The van der Waals surface area contributed by atoms with Gasteiger partial charge >= 0.3 is 0 Å². The second kappa shape index (κ2) is 6.48. The Kier molecular flexibility index (Phi) is 4.69.